The smallest absolute Gasteiger partial charge is 0.137 e. The molecule has 0 aromatic heterocycles. The summed E-state index contributed by atoms with van der Waals surface area (Å²) < 4.78 is 13.7. The van der Waals surface area contributed by atoms with Gasteiger partial charge in [-0.25, -0.2) is 4.39 Å². The quantitative estimate of drug-likeness (QED) is 0.868. The van der Waals surface area contributed by atoms with Crippen LogP contribution in [0.2, 0.25) is 0 Å². The second kappa shape index (κ2) is 6.07. The molecule has 1 aliphatic heterocycles. The third-order valence-corrected chi connectivity index (χ3v) is 4.50. The Bertz CT molecular complexity index is 405. The molecular formula is C15H22FNS. The average molecular weight is 267 g/mol. The van der Waals surface area contributed by atoms with Crippen molar-refractivity contribution >= 4 is 11.8 Å². The van der Waals surface area contributed by atoms with E-state index in [-0.39, 0.29) is 5.82 Å². The van der Waals surface area contributed by atoms with Crippen LogP contribution in [-0.2, 0) is 0 Å². The van der Waals surface area contributed by atoms with Gasteiger partial charge in [0.25, 0.3) is 0 Å². The van der Waals surface area contributed by atoms with Gasteiger partial charge in [-0.3, -0.25) is 0 Å². The van der Waals surface area contributed by atoms with Crippen molar-refractivity contribution < 1.29 is 4.39 Å². The van der Waals surface area contributed by atoms with Crippen LogP contribution in [0.25, 0.3) is 0 Å². The van der Waals surface area contributed by atoms with Gasteiger partial charge in [0.1, 0.15) is 5.82 Å². The summed E-state index contributed by atoms with van der Waals surface area (Å²) in [5, 5.41) is 3.65. The van der Waals surface area contributed by atoms with Gasteiger partial charge in [0.05, 0.1) is 0 Å². The fourth-order valence-corrected chi connectivity index (χ4v) is 3.82. The van der Waals surface area contributed by atoms with Gasteiger partial charge >= 0.3 is 0 Å². The molecule has 1 aromatic carbocycles. The zero-order valence-corrected chi connectivity index (χ0v) is 12.2. The summed E-state index contributed by atoms with van der Waals surface area (Å²) in [6, 6.07) is 6.23. The fraction of sp³-hybridized carbons (Fsp3) is 0.600. The van der Waals surface area contributed by atoms with Crippen molar-refractivity contribution in [1.82, 2.24) is 5.32 Å². The predicted molar refractivity (Wildman–Crippen MR) is 76.5 cm³/mol. The van der Waals surface area contributed by atoms with Crippen molar-refractivity contribution in [2.45, 2.75) is 50.6 Å². The van der Waals surface area contributed by atoms with Gasteiger partial charge in [-0.15, -0.1) is 11.8 Å². The van der Waals surface area contributed by atoms with Crippen molar-refractivity contribution in [2.75, 3.05) is 5.75 Å². The molecule has 1 heterocycles. The zero-order chi connectivity index (χ0) is 13.1. The first-order valence-electron chi connectivity index (χ1n) is 6.75. The van der Waals surface area contributed by atoms with Crippen LogP contribution in [0.1, 0.15) is 45.2 Å². The molecule has 1 aromatic rings. The first kappa shape index (κ1) is 13.9. The second-order valence-corrected chi connectivity index (χ2v) is 6.65. The van der Waals surface area contributed by atoms with E-state index in [0.29, 0.717) is 18.0 Å². The van der Waals surface area contributed by atoms with Gasteiger partial charge < -0.3 is 5.32 Å². The number of halogens is 1. The molecule has 2 rings (SSSR count). The molecule has 2 atom stereocenters. The summed E-state index contributed by atoms with van der Waals surface area (Å²) in [6.07, 6.45) is 2.25. The Hall–Kier alpha value is -0.540. The third-order valence-electron chi connectivity index (χ3n) is 3.34. The Kier molecular flexibility index (Phi) is 4.68. The molecule has 0 spiro atoms. The highest BCUT2D eigenvalue weighted by Crippen LogP contribution is 2.38. The van der Waals surface area contributed by atoms with E-state index < -0.39 is 0 Å². The van der Waals surface area contributed by atoms with Crippen molar-refractivity contribution in [3.8, 4) is 0 Å². The topological polar surface area (TPSA) is 12.0 Å². The van der Waals surface area contributed by atoms with E-state index in [1.165, 1.54) is 0 Å². The minimum absolute atomic E-state index is 0.0690. The Morgan fingerprint density at radius 2 is 2.17 bits per heavy atom. The summed E-state index contributed by atoms with van der Waals surface area (Å²) in [6.45, 7) is 6.70. The van der Waals surface area contributed by atoms with Crippen LogP contribution in [0.15, 0.2) is 23.1 Å². The lowest BCUT2D eigenvalue weighted by atomic mass is 9.99. The van der Waals surface area contributed by atoms with Gasteiger partial charge in [0.15, 0.2) is 0 Å². The standard InChI is InChI=1S/C15H22FNS/c1-10(2)9-11(3)17-14-7-8-18-15-12(14)5-4-6-13(15)16/h4-6,10-11,14,17H,7-9H2,1-3H3. The molecule has 18 heavy (non-hydrogen) atoms. The first-order valence-corrected chi connectivity index (χ1v) is 7.73. The first-order chi connectivity index (χ1) is 8.58. The molecule has 1 N–H and O–H groups in total. The maximum atomic E-state index is 13.7. The van der Waals surface area contributed by atoms with Gasteiger partial charge in [-0.1, -0.05) is 26.0 Å². The summed E-state index contributed by atoms with van der Waals surface area (Å²) in [5.41, 5.74) is 1.14. The normalized spacial score (nSPS) is 20.8. The number of hydrogen-bond acceptors (Lipinski definition) is 2. The zero-order valence-electron chi connectivity index (χ0n) is 11.4. The number of benzene rings is 1. The molecule has 0 radical (unpaired) electrons. The lowest BCUT2D eigenvalue weighted by Crippen LogP contribution is -2.33. The largest absolute Gasteiger partial charge is 0.307 e. The molecule has 2 unspecified atom stereocenters. The molecule has 0 aliphatic carbocycles. The minimum atomic E-state index is -0.0690. The average Bonchev–Trinajstić information content (AvgIpc) is 2.29. The number of hydrogen-bond donors (Lipinski definition) is 1. The summed E-state index contributed by atoms with van der Waals surface area (Å²) >= 11 is 1.65. The number of fused-ring (bicyclic) bond motifs is 1. The van der Waals surface area contributed by atoms with Gasteiger partial charge in [0, 0.05) is 17.0 Å². The van der Waals surface area contributed by atoms with E-state index in [4.69, 9.17) is 0 Å². The maximum absolute atomic E-state index is 13.7. The van der Waals surface area contributed by atoms with Crippen molar-refractivity contribution in [2.24, 2.45) is 5.92 Å². The SMILES string of the molecule is CC(C)CC(C)NC1CCSc2c(F)cccc21. The highest BCUT2D eigenvalue weighted by Gasteiger charge is 2.24. The maximum Gasteiger partial charge on any atom is 0.137 e. The van der Waals surface area contributed by atoms with Crippen LogP contribution in [0, 0.1) is 11.7 Å². The van der Waals surface area contributed by atoms with E-state index in [2.05, 4.69) is 32.2 Å². The molecule has 100 valence electrons. The van der Waals surface area contributed by atoms with Crippen LogP contribution in [-0.4, -0.2) is 11.8 Å². The molecule has 0 amide bonds. The van der Waals surface area contributed by atoms with Crippen LogP contribution < -0.4 is 5.32 Å². The molecular weight excluding hydrogens is 245 g/mol. The van der Waals surface area contributed by atoms with Gasteiger partial charge in [-0.2, -0.15) is 0 Å². The Morgan fingerprint density at radius 3 is 2.89 bits per heavy atom. The van der Waals surface area contributed by atoms with E-state index in [1.54, 1.807) is 17.8 Å². The molecule has 0 bridgehead atoms. The Labute approximate surface area is 114 Å². The number of thioether (sulfide) groups is 1. The van der Waals surface area contributed by atoms with E-state index >= 15 is 0 Å². The predicted octanol–water partition coefficient (Wildman–Crippen LogP) is 4.39. The van der Waals surface area contributed by atoms with Crippen molar-refractivity contribution in [3.63, 3.8) is 0 Å². The number of nitrogens with one attached hydrogen (secondary N) is 1. The monoisotopic (exact) mass is 267 g/mol. The lowest BCUT2D eigenvalue weighted by Gasteiger charge is -2.29. The van der Waals surface area contributed by atoms with Crippen molar-refractivity contribution in [1.29, 1.82) is 0 Å². The molecule has 0 saturated heterocycles. The molecule has 1 nitrogen and oxygen atoms in total. The lowest BCUT2D eigenvalue weighted by molar-refractivity contribution is 0.382. The fourth-order valence-electron chi connectivity index (χ4n) is 2.68. The summed E-state index contributed by atoms with van der Waals surface area (Å²) in [7, 11) is 0. The highest BCUT2D eigenvalue weighted by molar-refractivity contribution is 7.99. The van der Waals surface area contributed by atoms with Crippen LogP contribution >= 0.6 is 11.8 Å². The third kappa shape index (κ3) is 3.27. The van der Waals surface area contributed by atoms with Gasteiger partial charge in [0.2, 0.25) is 0 Å². The van der Waals surface area contributed by atoms with Crippen LogP contribution in [0.4, 0.5) is 4.39 Å². The molecule has 0 saturated carbocycles. The molecule has 1 aliphatic rings. The Morgan fingerprint density at radius 1 is 1.39 bits per heavy atom. The minimum Gasteiger partial charge on any atom is -0.307 e. The summed E-state index contributed by atoms with van der Waals surface area (Å²) in [5.74, 6) is 1.62. The second-order valence-electron chi connectivity index (χ2n) is 5.55. The highest BCUT2D eigenvalue weighted by atomic mass is 32.2. The Balaban J connectivity index is 2.10. The number of rotatable bonds is 4. The molecule has 0 fully saturated rings. The molecule has 3 heteroatoms. The van der Waals surface area contributed by atoms with Crippen molar-refractivity contribution in [3.05, 3.63) is 29.6 Å². The van der Waals surface area contributed by atoms with E-state index in [0.717, 1.165) is 29.1 Å². The van der Waals surface area contributed by atoms with E-state index in [9.17, 15) is 4.39 Å². The van der Waals surface area contributed by atoms with Gasteiger partial charge in [-0.05, 0) is 43.1 Å². The van der Waals surface area contributed by atoms with E-state index in [1.807, 2.05) is 6.07 Å². The summed E-state index contributed by atoms with van der Waals surface area (Å²) in [4.78, 5) is 0.845. The van der Waals surface area contributed by atoms with Crippen LogP contribution in [0.3, 0.4) is 0 Å². The van der Waals surface area contributed by atoms with Crippen LogP contribution in [0.5, 0.6) is 0 Å².